The van der Waals surface area contributed by atoms with Gasteiger partial charge in [0.1, 0.15) is 0 Å². The molecule has 0 bridgehead atoms. The van der Waals surface area contributed by atoms with Crippen LogP contribution in [0.25, 0.3) is 0 Å². The Morgan fingerprint density at radius 3 is 2.08 bits per heavy atom. The third-order valence-electron chi connectivity index (χ3n) is 2.15. The molecule has 0 N–H and O–H groups in total. The molecule has 72 valence electrons. The first kappa shape index (κ1) is 10.6. The average Bonchev–Trinajstić information content (AvgIpc) is 1.96. The first-order chi connectivity index (χ1) is 5.81. The SMILES string of the molecule is CC1(C)/C=C\C(S)=C/C(C)(C)/C=C\1. The lowest BCUT2D eigenvalue weighted by Crippen LogP contribution is -2.10. The van der Waals surface area contributed by atoms with E-state index in [0.29, 0.717) is 0 Å². The van der Waals surface area contributed by atoms with E-state index in [1.54, 1.807) is 0 Å². The molecule has 13 heavy (non-hydrogen) atoms. The van der Waals surface area contributed by atoms with Crippen molar-refractivity contribution in [1.29, 1.82) is 0 Å². The van der Waals surface area contributed by atoms with Crippen molar-refractivity contribution in [1.82, 2.24) is 0 Å². The van der Waals surface area contributed by atoms with E-state index in [0.717, 1.165) is 4.91 Å². The van der Waals surface area contributed by atoms with Gasteiger partial charge in [0.25, 0.3) is 0 Å². The van der Waals surface area contributed by atoms with E-state index in [2.05, 4.69) is 70.7 Å². The third-order valence-corrected chi connectivity index (χ3v) is 2.42. The maximum atomic E-state index is 4.41. The van der Waals surface area contributed by atoms with Gasteiger partial charge in [0.2, 0.25) is 0 Å². The van der Waals surface area contributed by atoms with Crippen molar-refractivity contribution in [2.75, 3.05) is 0 Å². The van der Waals surface area contributed by atoms with Gasteiger partial charge in [-0.1, -0.05) is 58.1 Å². The van der Waals surface area contributed by atoms with Crippen LogP contribution in [-0.4, -0.2) is 0 Å². The number of hydrogen-bond acceptors (Lipinski definition) is 1. The fourth-order valence-electron chi connectivity index (χ4n) is 1.26. The average molecular weight is 194 g/mol. The second-order valence-electron chi connectivity index (χ2n) is 4.88. The van der Waals surface area contributed by atoms with Crippen LogP contribution in [0.2, 0.25) is 0 Å². The lowest BCUT2D eigenvalue weighted by molar-refractivity contribution is 0.575. The zero-order chi connectivity index (χ0) is 10.1. The Kier molecular flexibility index (Phi) is 2.76. The first-order valence-electron chi connectivity index (χ1n) is 4.62. The molecule has 0 saturated heterocycles. The standard InChI is InChI=1S/C12H18S/c1-11(2)6-5-10(13)9-12(3,4)8-7-11/h5-9,13H,1-4H3/b6-5-,8-7-,10-9+. The van der Waals surface area contributed by atoms with Crippen LogP contribution in [0.3, 0.4) is 0 Å². The van der Waals surface area contributed by atoms with Crippen molar-refractivity contribution in [3.05, 3.63) is 35.3 Å². The van der Waals surface area contributed by atoms with Gasteiger partial charge in [-0.3, -0.25) is 0 Å². The summed E-state index contributed by atoms with van der Waals surface area (Å²) >= 11 is 4.41. The van der Waals surface area contributed by atoms with Gasteiger partial charge in [-0.15, -0.1) is 12.6 Å². The van der Waals surface area contributed by atoms with Crippen LogP contribution in [0, 0.1) is 10.8 Å². The molecule has 0 spiro atoms. The van der Waals surface area contributed by atoms with E-state index in [4.69, 9.17) is 0 Å². The van der Waals surface area contributed by atoms with E-state index in [9.17, 15) is 0 Å². The van der Waals surface area contributed by atoms with Gasteiger partial charge in [-0.2, -0.15) is 0 Å². The molecule has 0 aromatic carbocycles. The van der Waals surface area contributed by atoms with Crippen LogP contribution in [0.4, 0.5) is 0 Å². The van der Waals surface area contributed by atoms with Crippen molar-refractivity contribution in [3.63, 3.8) is 0 Å². The van der Waals surface area contributed by atoms with Gasteiger partial charge >= 0.3 is 0 Å². The van der Waals surface area contributed by atoms with E-state index >= 15 is 0 Å². The Hall–Kier alpha value is -0.430. The minimum Gasteiger partial charge on any atom is -0.144 e. The van der Waals surface area contributed by atoms with E-state index in [1.807, 2.05) is 0 Å². The van der Waals surface area contributed by atoms with Gasteiger partial charge in [0, 0.05) is 15.7 Å². The second kappa shape index (κ2) is 3.38. The van der Waals surface area contributed by atoms with Gasteiger partial charge in [0.15, 0.2) is 0 Å². The largest absolute Gasteiger partial charge is 0.144 e. The Bertz CT molecular complexity index is 277. The molecule has 0 fully saturated rings. The summed E-state index contributed by atoms with van der Waals surface area (Å²) in [6, 6.07) is 0. The summed E-state index contributed by atoms with van der Waals surface area (Å²) in [7, 11) is 0. The third kappa shape index (κ3) is 3.43. The van der Waals surface area contributed by atoms with Crippen molar-refractivity contribution in [3.8, 4) is 0 Å². The van der Waals surface area contributed by atoms with Crippen LogP contribution in [0.5, 0.6) is 0 Å². The van der Waals surface area contributed by atoms with Crippen molar-refractivity contribution in [2.45, 2.75) is 27.7 Å². The molecule has 1 heteroatoms. The summed E-state index contributed by atoms with van der Waals surface area (Å²) in [5.41, 5.74) is 0.249. The fraction of sp³-hybridized carbons (Fsp3) is 0.500. The first-order valence-corrected chi connectivity index (χ1v) is 5.07. The predicted molar refractivity (Wildman–Crippen MR) is 62.9 cm³/mol. The van der Waals surface area contributed by atoms with Crippen molar-refractivity contribution < 1.29 is 0 Å². The van der Waals surface area contributed by atoms with Gasteiger partial charge in [-0.25, -0.2) is 0 Å². The topological polar surface area (TPSA) is 0 Å². The Labute approximate surface area is 86.8 Å². The highest BCUT2D eigenvalue weighted by Crippen LogP contribution is 2.30. The lowest BCUT2D eigenvalue weighted by Gasteiger charge is -2.23. The molecule has 0 aromatic rings. The number of rotatable bonds is 0. The second-order valence-corrected chi connectivity index (χ2v) is 5.40. The van der Waals surface area contributed by atoms with Crippen molar-refractivity contribution in [2.24, 2.45) is 10.8 Å². The molecule has 0 nitrogen and oxygen atoms in total. The molecule has 0 amide bonds. The fourth-order valence-corrected chi connectivity index (χ4v) is 1.67. The van der Waals surface area contributed by atoms with E-state index in [1.165, 1.54) is 0 Å². The maximum absolute atomic E-state index is 4.41. The smallest absolute Gasteiger partial charge is 0.00187 e. The molecule has 0 radical (unpaired) electrons. The summed E-state index contributed by atoms with van der Waals surface area (Å²) in [5.74, 6) is 0. The molecular formula is C12H18S. The summed E-state index contributed by atoms with van der Waals surface area (Å²) in [6.07, 6.45) is 10.9. The van der Waals surface area contributed by atoms with Gasteiger partial charge in [0.05, 0.1) is 0 Å². The Morgan fingerprint density at radius 2 is 1.46 bits per heavy atom. The Morgan fingerprint density at radius 1 is 0.923 bits per heavy atom. The van der Waals surface area contributed by atoms with E-state index < -0.39 is 0 Å². The summed E-state index contributed by atoms with van der Waals surface area (Å²) in [6.45, 7) is 8.77. The molecule has 1 rings (SSSR count). The molecule has 0 unspecified atom stereocenters. The minimum atomic E-state index is 0.110. The van der Waals surface area contributed by atoms with Crippen LogP contribution in [0.1, 0.15) is 27.7 Å². The minimum absolute atomic E-state index is 0.110. The van der Waals surface area contributed by atoms with Crippen LogP contribution in [-0.2, 0) is 0 Å². The highest BCUT2D eigenvalue weighted by Gasteiger charge is 2.16. The lowest BCUT2D eigenvalue weighted by atomic mass is 9.84. The highest BCUT2D eigenvalue weighted by atomic mass is 32.1. The summed E-state index contributed by atoms with van der Waals surface area (Å²) in [4.78, 5) is 1.04. The quantitative estimate of drug-likeness (QED) is 0.437. The highest BCUT2D eigenvalue weighted by molar-refractivity contribution is 7.84. The van der Waals surface area contributed by atoms with Crippen LogP contribution >= 0.6 is 12.6 Å². The molecule has 0 atom stereocenters. The number of allylic oxidation sites excluding steroid dienone is 5. The molecule has 0 heterocycles. The Balaban J connectivity index is 3.10. The van der Waals surface area contributed by atoms with Crippen LogP contribution in [0.15, 0.2) is 35.3 Å². The van der Waals surface area contributed by atoms with Crippen molar-refractivity contribution >= 4 is 12.6 Å². The molecule has 0 aromatic heterocycles. The molecule has 0 aliphatic heterocycles. The number of thiol groups is 1. The monoisotopic (exact) mass is 194 g/mol. The zero-order valence-corrected chi connectivity index (χ0v) is 9.73. The molecule has 0 saturated carbocycles. The van der Waals surface area contributed by atoms with Crippen LogP contribution < -0.4 is 0 Å². The summed E-state index contributed by atoms with van der Waals surface area (Å²) in [5, 5.41) is 0. The normalized spacial score (nSPS) is 33.8. The zero-order valence-electron chi connectivity index (χ0n) is 8.83. The molecule has 1 aliphatic rings. The molecule has 1 aliphatic carbocycles. The molecular weight excluding hydrogens is 176 g/mol. The van der Waals surface area contributed by atoms with E-state index in [-0.39, 0.29) is 10.8 Å². The predicted octanol–water partition coefficient (Wildman–Crippen LogP) is 3.98. The van der Waals surface area contributed by atoms with Gasteiger partial charge in [-0.05, 0) is 0 Å². The summed E-state index contributed by atoms with van der Waals surface area (Å²) < 4.78 is 0. The maximum Gasteiger partial charge on any atom is 0.00187 e. The van der Waals surface area contributed by atoms with Gasteiger partial charge < -0.3 is 0 Å². The number of hydrogen-bond donors (Lipinski definition) is 1.